The summed E-state index contributed by atoms with van der Waals surface area (Å²) in [6.07, 6.45) is 9.67. The van der Waals surface area contributed by atoms with Gasteiger partial charge in [-0.05, 0) is 51.3 Å². The van der Waals surface area contributed by atoms with Gasteiger partial charge in [-0.1, -0.05) is 23.3 Å². The molecule has 0 radical (unpaired) electrons. The molecule has 0 aliphatic heterocycles. The highest BCUT2D eigenvalue weighted by Crippen LogP contribution is 2.20. The Morgan fingerprint density at radius 1 is 0.811 bits per heavy atom. The second kappa shape index (κ2) is 18.8. The molecule has 206 valence electrons. The minimum Gasteiger partial charge on any atom is -0.458 e. The van der Waals surface area contributed by atoms with Gasteiger partial charge < -0.3 is 24.1 Å². The predicted molar refractivity (Wildman–Crippen MR) is 139 cm³/mol. The average molecular weight is 521 g/mol. The van der Waals surface area contributed by atoms with Crippen LogP contribution >= 0.6 is 0 Å². The predicted octanol–water partition coefficient (Wildman–Crippen LogP) is 4.77. The Balaban J connectivity index is 5.88. The summed E-state index contributed by atoms with van der Waals surface area (Å²) in [4.78, 5) is 45.8. The molecule has 9 heteroatoms. The molecule has 0 spiro atoms. The summed E-state index contributed by atoms with van der Waals surface area (Å²) in [5.74, 6) is -2.19. The minimum atomic E-state index is -0.918. The van der Waals surface area contributed by atoms with Crippen molar-refractivity contribution in [3.05, 3.63) is 59.1 Å². The lowest BCUT2D eigenvalue weighted by Gasteiger charge is -2.19. The van der Waals surface area contributed by atoms with E-state index in [1.54, 1.807) is 6.08 Å². The van der Waals surface area contributed by atoms with E-state index in [0.29, 0.717) is 5.57 Å². The van der Waals surface area contributed by atoms with Gasteiger partial charge in [-0.15, -0.1) is 0 Å². The van der Waals surface area contributed by atoms with Crippen LogP contribution in [0.15, 0.2) is 59.1 Å². The molecule has 1 N–H and O–H groups in total. The second-order valence-corrected chi connectivity index (χ2v) is 8.68. The normalized spacial score (nSPS) is 14.0. The van der Waals surface area contributed by atoms with Crippen molar-refractivity contribution in [3.8, 4) is 0 Å². The van der Waals surface area contributed by atoms with E-state index in [4.69, 9.17) is 18.9 Å². The fourth-order valence-electron chi connectivity index (χ4n) is 3.12. The smallest absolute Gasteiger partial charge is 0.307 e. The molecule has 0 rings (SSSR count). The van der Waals surface area contributed by atoms with E-state index in [2.05, 4.69) is 6.08 Å². The van der Waals surface area contributed by atoms with E-state index in [1.165, 1.54) is 39.3 Å². The standard InChI is InChI=1S/C28H40O9/c1-19(2)9-8-10-20(3)15-27(36-23(6)32)16-25(17-29)11-12-28(37-24(7)33)26(18-35-22(5)31)13-14-34-21(4)30/h9,11,13-15,18,27-29H,8,10,12,16-17H2,1-7H3. The van der Waals surface area contributed by atoms with Crippen LogP contribution in [0.1, 0.15) is 74.1 Å². The zero-order valence-corrected chi connectivity index (χ0v) is 22.9. The molecule has 0 heterocycles. The summed E-state index contributed by atoms with van der Waals surface area (Å²) in [7, 11) is 0. The third-order valence-corrected chi connectivity index (χ3v) is 4.70. The van der Waals surface area contributed by atoms with Gasteiger partial charge in [0.25, 0.3) is 0 Å². The molecule has 0 aromatic heterocycles. The maximum Gasteiger partial charge on any atom is 0.307 e. The number of ether oxygens (including phenoxy) is 4. The number of carbonyl (C=O) groups excluding carboxylic acids is 4. The van der Waals surface area contributed by atoms with Crippen LogP contribution in [0.2, 0.25) is 0 Å². The van der Waals surface area contributed by atoms with E-state index < -0.39 is 36.1 Å². The van der Waals surface area contributed by atoms with Crippen molar-refractivity contribution < 1.29 is 43.2 Å². The lowest BCUT2D eigenvalue weighted by Crippen LogP contribution is -2.19. The summed E-state index contributed by atoms with van der Waals surface area (Å²) >= 11 is 0. The number of aliphatic hydroxyl groups excluding tert-OH is 1. The largest absolute Gasteiger partial charge is 0.458 e. The number of aliphatic hydroxyl groups is 1. The monoisotopic (exact) mass is 520 g/mol. The molecule has 37 heavy (non-hydrogen) atoms. The third kappa shape index (κ3) is 18.5. The fourth-order valence-corrected chi connectivity index (χ4v) is 3.12. The van der Waals surface area contributed by atoms with Crippen molar-refractivity contribution in [2.24, 2.45) is 0 Å². The third-order valence-electron chi connectivity index (χ3n) is 4.70. The van der Waals surface area contributed by atoms with Gasteiger partial charge in [0, 0.05) is 46.1 Å². The SMILES string of the molecule is CC(=O)OC=CC(=COC(C)=O)C(CC=C(CO)CC(C=C(C)CCC=C(C)C)OC(C)=O)OC(C)=O. The van der Waals surface area contributed by atoms with Gasteiger partial charge in [0.15, 0.2) is 0 Å². The highest BCUT2D eigenvalue weighted by atomic mass is 16.6. The molecule has 2 unspecified atom stereocenters. The van der Waals surface area contributed by atoms with E-state index in [-0.39, 0.29) is 25.0 Å². The second-order valence-electron chi connectivity index (χ2n) is 8.68. The van der Waals surface area contributed by atoms with Crippen LogP contribution in [0, 0.1) is 0 Å². The van der Waals surface area contributed by atoms with Gasteiger partial charge in [-0.25, -0.2) is 0 Å². The van der Waals surface area contributed by atoms with Crippen molar-refractivity contribution in [1.29, 1.82) is 0 Å². The van der Waals surface area contributed by atoms with Crippen molar-refractivity contribution >= 4 is 23.9 Å². The summed E-state index contributed by atoms with van der Waals surface area (Å²) < 4.78 is 20.5. The average Bonchev–Trinajstić information content (AvgIpc) is 2.76. The number of rotatable bonds is 15. The zero-order chi connectivity index (χ0) is 28.4. The Labute approximate surface area is 219 Å². The number of hydrogen-bond donors (Lipinski definition) is 1. The zero-order valence-electron chi connectivity index (χ0n) is 22.9. The van der Waals surface area contributed by atoms with Gasteiger partial charge in [0.2, 0.25) is 0 Å². The van der Waals surface area contributed by atoms with Crippen LogP contribution < -0.4 is 0 Å². The van der Waals surface area contributed by atoms with Gasteiger partial charge in [0.1, 0.15) is 18.5 Å². The number of allylic oxidation sites excluding steroid dienone is 3. The Morgan fingerprint density at radius 3 is 1.95 bits per heavy atom. The summed E-state index contributed by atoms with van der Waals surface area (Å²) in [5.41, 5.74) is 3.06. The molecule has 0 aliphatic rings. The lowest BCUT2D eigenvalue weighted by molar-refractivity contribution is -0.145. The first-order valence-electron chi connectivity index (χ1n) is 12.0. The van der Waals surface area contributed by atoms with Crippen molar-refractivity contribution in [3.63, 3.8) is 0 Å². The van der Waals surface area contributed by atoms with Crippen molar-refractivity contribution in [2.75, 3.05) is 6.61 Å². The Hall–Kier alpha value is -3.46. The first-order valence-corrected chi connectivity index (χ1v) is 12.0. The quantitative estimate of drug-likeness (QED) is 0.107. The Kier molecular flexibility index (Phi) is 17.0. The summed E-state index contributed by atoms with van der Waals surface area (Å²) in [5, 5.41) is 9.96. The lowest BCUT2D eigenvalue weighted by atomic mass is 10.0. The van der Waals surface area contributed by atoms with Crippen LogP contribution in [0.5, 0.6) is 0 Å². The summed E-state index contributed by atoms with van der Waals surface area (Å²) in [6, 6.07) is 0. The molecule has 2 atom stereocenters. The maximum absolute atomic E-state index is 11.7. The highest BCUT2D eigenvalue weighted by Gasteiger charge is 2.18. The number of esters is 4. The Bertz CT molecular complexity index is 931. The van der Waals surface area contributed by atoms with Gasteiger partial charge in [0.05, 0.1) is 12.9 Å². The maximum atomic E-state index is 11.7. The number of carbonyl (C=O) groups is 4. The van der Waals surface area contributed by atoms with Crippen LogP contribution in [-0.2, 0) is 38.1 Å². The fraction of sp³-hybridized carbons (Fsp3) is 0.500. The molecule has 0 amide bonds. The first kappa shape index (κ1) is 33.5. The molecule has 9 nitrogen and oxygen atoms in total. The highest BCUT2D eigenvalue weighted by molar-refractivity contribution is 5.68. The number of hydrogen-bond acceptors (Lipinski definition) is 9. The van der Waals surface area contributed by atoms with E-state index >= 15 is 0 Å². The molecule has 0 aromatic rings. The molecular weight excluding hydrogens is 480 g/mol. The van der Waals surface area contributed by atoms with Gasteiger partial charge in [-0.3, -0.25) is 19.2 Å². The van der Waals surface area contributed by atoms with Crippen LogP contribution in [-0.4, -0.2) is 47.8 Å². The molecule has 0 saturated carbocycles. The van der Waals surface area contributed by atoms with E-state index in [1.807, 2.05) is 26.8 Å². The van der Waals surface area contributed by atoms with Crippen LogP contribution in [0.4, 0.5) is 0 Å². The topological polar surface area (TPSA) is 125 Å². The molecule has 0 aromatic carbocycles. The molecule has 0 bridgehead atoms. The van der Waals surface area contributed by atoms with E-state index in [0.717, 1.165) is 30.9 Å². The van der Waals surface area contributed by atoms with Crippen LogP contribution in [0.25, 0.3) is 0 Å². The van der Waals surface area contributed by atoms with E-state index in [9.17, 15) is 24.3 Å². The molecule has 0 fully saturated rings. The van der Waals surface area contributed by atoms with Gasteiger partial charge >= 0.3 is 23.9 Å². The van der Waals surface area contributed by atoms with Crippen LogP contribution in [0.3, 0.4) is 0 Å². The minimum absolute atomic E-state index is 0.100. The molecular formula is C28H40O9. The molecule has 0 saturated heterocycles. The summed E-state index contributed by atoms with van der Waals surface area (Å²) in [6.45, 7) is 10.7. The molecule has 0 aliphatic carbocycles. The Morgan fingerprint density at radius 2 is 1.43 bits per heavy atom. The first-order chi connectivity index (χ1) is 17.3. The van der Waals surface area contributed by atoms with Crippen molar-refractivity contribution in [1.82, 2.24) is 0 Å². The van der Waals surface area contributed by atoms with Crippen molar-refractivity contribution in [2.45, 2.75) is 86.4 Å². The van der Waals surface area contributed by atoms with Gasteiger partial charge in [-0.2, -0.15) is 0 Å².